The number of aliphatic imine (C=N–C) groups is 1. The first-order valence-corrected chi connectivity index (χ1v) is 10.2. The van der Waals surface area contributed by atoms with Crippen LogP contribution in [0.1, 0.15) is 23.1 Å². The van der Waals surface area contributed by atoms with Crippen molar-refractivity contribution in [1.29, 1.82) is 0 Å². The highest BCUT2D eigenvalue weighted by molar-refractivity contribution is 14.0. The van der Waals surface area contributed by atoms with Gasteiger partial charge in [0.2, 0.25) is 5.91 Å². The summed E-state index contributed by atoms with van der Waals surface area (Å²) >= 11 is 6.15. The molecule has 3 N–H and O–H groups in total. The van der Waals surface area contributed by atoms with Crippen molar-refractivity contribution in [2.24, 2.45) is 4.99 Å². The molecule has 1 heterocycles. The molecule has 1 aliphatic heterocycles. The number of nitrogens with zero attached hydrogens (tertiary/aromatic N) is 1. The second-order valence-corrected chi connectivity index (χ2v) is 7.40. The third kappa shape index (κ3) is 7.05. The highest BCUT2D eigenvalue weighted by Gasteiger charge is 2.12. The Kier molecular flexibility index (Phi) is 9.71. The standard InChI is InChI=1S/C22H27ClN4O2.HI/c1-15-3-5-19(18(23)13-15)27-21(28)8-11-26-22(24-2)25-10-7-16-4-6-20-17(14-16)9-12-29-20;/h3-6,13-14H,7-12H2,1-2H3,(H,27,28)(H2,24,25,26);1H. The number of carbonyl (C=O) groups is 1. The number of guanidine groups is 1. The van der Waals surface area contributed by atoms with E-state index in [0.717, 1.165) is 37.3 Å². The second-order valence-electron chi connectivity index (χ2n) is 7.00. The summed E-state index contributed by atoms with van der Waals surface area (Å²) in [6.07, 6.45) is 2.19. The van der Waals surface area contributed by atoms with Gasteiger partial charge in [0.25, 0.3) is 0 Å². The van der Waals surface area contributed by atoms with Gasteiger partial charge in [-0.15, -0.1) is 24.0 Å². The van der Waals surface area contributed by atoms with Crippen LogP contribution in [0.5, 0.6) is 5.75 Å². The first-order chi connectivity index (χ1) is 14.0. The number of hydrogen-bond donors (Lipinski definition) is 3. The fourth-order valence-corrected chi connectivity index (χ4v) is 3.45. The fourth-order valence-electron chi connectivity index (χ4n) is 3.17. The van der Waals surface area contributed by atoms with E-state index in [2.05, 4.69) is 33.1 Å². The molecule has 0 radical (unpaired) electrons. The van der Waals surface area contributed by atoms with Crippen LogP contribution in [0.3, 0.4) is 0 Å². The van der Waals surface area contributed by atoms with Crippen LogP contribution in [0.25, 0.3) is 0 Å². The maximum atomic E-state index is 12.1. The summed E-state index contributed by atoms with van der Waals surface area (Å²) < 4.78 is 5.54. The van der Waals surface area contributed by atoms with Crippen molar-refractivity contribution in [2.45, 2.75) is 26.2 Å². The molecule has 162 valence electrons. The highest BCUT2D eigenvalue weighted by atomic mass is 127. The molecule has 2 aromatic rings. The van der Waals surface area contributed by atoms with Gasteiger partial charge in [-0.1, -0.05) is 29.8 Å². The molecule has 0 atom stereocenters. The SMILES string of the molecule is CN=C(NCCC(=O)Nc1ccc(C)cc1Cl)NCCc1ccc2c(c1)CCO2.I. The van der Waals surface area contributed by atoms with Crippen LogP contribution < -0.4 is 20.7 Å². The second kappa shape index (κ2) is 12.0. The van der Waals surface area contributed by atoms with Crippen molar-refractivity contribution < 1.29 is 9.53 Å². The van der Waals surface area contributed by atoms with Crippen molar-refractivity contribution in [3.63, 3.8) is 0 Å². The lowest BCUT2D eigenvalue weighted by atomic mass is 10.1. The zero-order valence-electron chi connectivity index (χ0n) is 17.3. The molecule has 0 fully saturated rings. The van der Waals surface area contributed by atoms with Gasteiger partial charge in [-0.2, -0.15) is 0 Å². The molecular formula is C22H28ClIN4O2. The number of hydrogen-bond acceptors (Lipinski definition) is 3. The predicted molar refractivity (Wildman–Crippen MR) is 134 cm³/mol. The normalized spacial score (nSPS) is 12.4. The maximum absolute atomic E-state index is 12.1. The van der Waals surface area contributed by atoms with E-state index in [0.29, 0.717) is 29.6 Å². The van der Waals surface area contributed by atoms with Gasteiger partial charge in [-0.05, 0) is 48.2 Å². The van der Waals surface area contributed by atoms with Crippen molar-refractivity contribution in [2.75, 3.05) is 32.1 Å². The molecule has 0 saturated carbocycles. The number of ether oxygens (including phenoxy) is 1. The molecule has 0 bridgehead atoms. The van der Waals surface area contributed by atoms with Gasteiger partial charge < -0.3 is 20.7 Å². The summed E-state index contributed by atoms with van der Waals surface area (Å²) in [6, 6.07) is 11.9. The van der Waals surface area contributed by atoms with Crippen molar-refractivity contribution in [3.8, 4) is 5.75 Å². The average Bonchev–Trinajstić information content (AvgIpc) is 3.17. The van der Waals surface area contributed by atoms with Gasteiger partial charge in [-0.3, -0.25) is 9.79 Å². The molecule has 3 rings (SSSR count). The van der Waals surface area contributed by atoms with E-state index in [1.54, 1.807) is 7.05 Å². The minimum Gasteiger partial charge on any atom is -0.493 e. The molecule has 0 aliphatic carbocycles. The van der Waals surface area contributed by atoms with E-state index in [1.165, 1.54) is 11.1 Å². The quantitative estimate of drug-likeness (QED) is 0.282. The molecular weight excluding hydrogens is 515 g/mol. The Balaban J connectivity index is 0.00000320. The number of benzene rings is 2. The van der Waals surface area contributed by atoms with Gasteiger partial charge in [0, 0.05) is 33.0 Å². The van der Waals surface area contributed by atoms with Gasteiger partial charge in [-0.25, -0.2) is 0 Å². The Morgan fingerprint density at radius 1 is 1.17 bits per heavy atom. The van der Waals surface area contributed by atoms with Crippen LogP contribution in [0.15, 0.2) is 41.4 Å². The van der Waals surface area contributed by atoms with Crippen LogP contribution in [0.4, 0.5) is 5.69 Å². The molecule has 8 heteroatoms. The van der Waals surface area contributed by atoms with Crippen molar-refractivity contribution in [1.82, 2.24) is 10.6 Å². The number of carbonyl (C=O) groups excluding carboxylic acids is 1. The van der Waals surface area contributed by atoms with Crippen LogP contribution in [-0.4, -0.2) is 38.6 Å². The summed E-state index contributed by atoms with van der Waals surface area (Å²) in [5.74, 6) is 1.58. The molecule has 1 aliphatic rings. The Hall–Kier alpha value is -2.00. The number of amides is 1. The van der Waals surface area contributed by atoms with E-state index >= 15 is 0 Å². The molecule has 0 saturated heterocycles. The van der Waals surface area contributed by atoms with Crippen molar-refractivity contribution in [3.05, 3.63) is 58.1 Å². The zero-order valence-corrected chi connectivity index (χ0v) is 20.3. The summed E-state index contributed by atoms with van der Waals surface area (Å²) in [6.45, 7) is 3.96. The lowest BCUT2D eigenvalue weighted by Crippen LogP contribution is -2.39. The number of fused-ring (bicyclic) bond motifs is 1. The van der Waals surface area contributed by atoms with Crippen LogP contribution in [0, 0.1) is 6.92 Å². The molecule has 1 amide bonds. The lowest BCUT2D eigenvalue weighted by molar-refractivity contribution is -0.116. The molecule has 30 heavy (non-hydrogen) atoms. The van der Waals surface area contributed by atoms with E-state index in [9.17, 15) is 4.79 Å². The minimum atomic E-state index is -0.0981. The molecule has 0 aromatic heterocycles. The number of rotatable bonds is 7. The monoisotopic (exact) mass is 542 g/mol. The summed E-state index contributed by atoms with van der Waals surface area (Å²) in [5, 5.41) is 9.82. The smallest absolute Gasteiger partial charge is 0.226 e. The number of nitrogens with one attached hydrogen (secondary N) is 3. The van der Waals surface area contributed by atoms with E-state index in [4.69, 9.17) is 16.3 Å². The lowest BCUT2D eigenvalue weighted by Gasteiger charge is -2.12. The average molecular weight is 543 g/mol. The topological polar surface area (TPSA) is 74.8 Å². The van der Waals surface area contributed by atoms with E-state index in [1.807, 2.05) is 31.2 Å². The largest absolute Gasteiger partial charge is 0.493 e. The summed E-state index contributed by atoms with van der Waals surface area (Å²) in [7, 11) is 1.72. The summed E-state index contributed by atoms with van der Waals surface area (Å²) in [5.41, 5.74) is 4.23. The maximum Gasteiger partial charge on any atom is 0.226 e. The van der Waals surface area contributed by atoms with Crippen LogP contribution in [0.2, 0.25) is 5.02 Å². The van der Waals surface area contributed by atoms with Crippen LogP contribution in [-0.2, 0) is 17.6 Å². The molecule has 0 spiro atoms. The zero-order chi connectivity index (χ0) is 20.6. The molecule has 2 aromatic carbocycles. The third-order valence-corrected chi connectivity index (χ3v) is 5.04. The Morgan fingerprint density at radius 3 is 2.73 bits per heavy atom. The van der Waals surface area contributed by atoms with Crippen LogP contribution >= 0.6 is 35.6 Å². The third-order valence-electron chi connectivity index (χ3n) is 4.73. The van der Waals surface area contributed by atoms with Gasteiger partial charge in [0.1, 0.15) is 5.75 Å². The first kappa shape index (κ1) is 24.3. The summed E-state index contributed by atoms with van der Waals surface area (Å²) in [4.78, 5) is 16.3. The van der Waals surface area contributed by atoms with Crippen molar-refractivity contribution >= 4 is 53.1 Å². The van der Waals surface area contributed by atoms with E-state index < -0.39 is 0 Å². The van der Waals surface area contributed by atoms with Gasteiger partial charge in [0.05, 0.1) is 17.3 Å². The van der Waals surface area contributed by atoms with Gasteiger partial charge in [0.15, 0.2) is 5.96 Å². The number of aryl methyl sites for hydroxylation is 1. The highest BCUT2D eigenvalue weighted by Crippen LogP contribution is 2.26. The van der Waals surface area contributed by atoms with E-state index in [-0.39, 0.29) is 29.9 Å². The van der Waals surface area contributed by atoms with Gasteiger partial charge >= 0.3 is 0 Å². The Labute approximate surface area is 199 Å². The predicted octanol–water partition coefficient (Wildman–Crippen LogP) is 3.94. The Bertz CT molecular complexity index is 905. The number of anilines is 1. The Morgan fingerprint density at radius 2 is 1.97 bits per heavy atom. The number of halogens is 2. The first-order valence-electron chi connectivity index (χ1n) is 9.80. The minimum absolute atomic E-state index is 0. The molecule has 6 nitrogen and oxygen atoms in total. The molecule has 0 unspecified atom stereocenters. The fraction of sp³-hybridized carbons (Fsp3) is 0.364.